The zero-order valence-corrected chi connectivity index (χ0v) is 26.2. The third-order valence-electron chi connectivity index (χ3n) is 8.09. The second-order valence-corrected chi connectivity index (χ2v) is 10.8. The Labute approximate surface area is 263 Å². The molecule has 2 heterocycles. The number of aliphatic hydroxyl groups excluding tert-OH is 1. The van der Waals surface area contributed by atoms with Gasteiger partial charge in [0.2, 0.25) is 5.78 Å². The standard InChI is InChI=1S/C36H40N2O7/c1-5-37(6-2)19-12-20-38-32(25-17-18-27(29(21-25)43-7-3)44-23-24-13-9-8-10-14-24)31(34(40)36(38)41)33(39)30-22-26-15-11-16-28(42-4)35(26)45-30/h8-11,13-18,21-22,32,40H,5-7,12,19-20,23H2,1-4H3. The number of para-hydroxylation sites is 1. The van der Waals surface area contributed by atoms with Gasteiger partial charge in [-0.3, -0.25) is 9.59 Å². The maximum atomic E-state index is 14.1. The maximum Gasteiger partial charge on any atom is 0.290 e. The molecule has 1 unspecified atom stereocenters. The van der Waals surface area contributed by atoms with Gasteiger partial charge in [-0.1, -0.05) is 62.4 Å². The summed E-state index contributed by atoms with van der Waals surface area (Å²) in [7, 11) is 1.53. The molecule has 9 heteroatoms. The quantitative estimate of drug-likeness (QED) is 0.148. The van der Waals surface area contributed by atoms with Crippen LogP contribution >= 0.6 is 0 Å². The van der Waals surface area contributed by atoms with Crippen molar-refractivity contribution >= 4 is 22.7 Å². The number of hydrogen-bond acceptors (Lipinski definition) is 8. The molecule has 0 saturated heterocycles. The summed E-state index contributed by atoms with van der Waals surface area (Å²) in [4.78, 5) is 31.5. The number of Topliss-reactive ketones (excluding diaryl/α,β-unsaturated/α-hetero) is 1. The molecular formula is C36H40N2O7. The molecule has 5 rings (SSSR count). The minimum absolute atomic E-state index is 0.00619. The molecule has 0 saturated carbocycles. The smallest absolute Gasteiger partial charge is 0.290 e. The fourth-order valence-corrected chi connectivity index (χ4v) is 5.73. The van der Waals surface area contributed by atoms with Gasteiger partial charge in [-0.15, -0.1) is 0 Å². The summed E-state index contributed by atoms with van der Waals surface area (Å²) in [6.45, 7) is 9.68. The second-order valence-electron chi connectivity index (χ2n) is 10.8. The molecule has 9 nitrogen and oxygen atoms in total. The SMILES string of the molecule is CCOc1cc(C2C(C(=O)c3cc4cccc(OC)c4o3)=C(O)C(=O)N2CCCN(CC)CC)ccc1OCc1ccccc1. The number of ketones is 1. The zero-order chi connectivity index (χ0) is 31.9. The van der Waals surface area contributed by atoms with Crippen LogP contribution in [0.2, 0.25) is 0 Å². The van der Waals surface area contributed by atoms with E-state index in [0.29, 0.717) is 60.0 Å². The van der Waals surface area contributed by atoms with Gasteiger partial charge in [-0.05, 0) is 68.4 Å². The average Bonchev–Trinajstić information content (AvgIpc) is 3.61. The minimum Gasteiger partial charge on any atom is -0.503 e. The number of benzene rings is 3. The first-order valence-corrected chi connectivity index (χ1v) is 15.4. The Balaban J connectivity index is 1.52. The van der Waals surface area contributed by atoms with Crippen molar-refractivity contribution in [2.24, 2.45) is 0 Å². The van der Waals surface area contributed by atoms with Gasteiger partial charge in [0.15, 0.2) is 34.4 Å². The lowest BCUT2D eigenvalue weighted by Gasteiger charge is -2.28. The molecule has 1 N–H and O–H groups in total. The number of nitrogens with zero attached hydrogens (tertiary/aromatic N) is 2. The van der Waals surface area contributed by atoms with E-state index in [4.69, 9.17) is 18.6 Å². The molecule has 1 amide bonds. The molecule has 3 aromatic carbocycles. The number of rotatable bonds is 15. The van der Waals surface area contributed by atoms with E-state index in [1.165, 1.54) is 7.11 Å². The summed E-state index contributed by atoms with van der Waals surface area (Å²) in [6, 6.07) is 21.3. The fourth-order valence-electron chi connectivity index (χ4n) is 5.73. The maximum absolute atomic E-state index is 14.1. The van der Waals surface area contributed by atoms with Crippen molar-refractivity contribution in [3.8, 4) is 17.2 Å². The van der Waals surface area contributed by atoms with Crippen LogP contribution in [0.15, 0.2) is 88.5 Å². The average molecular weight is 613 g/mol. The molecule has 0 radical (unpaired) electrons. The molecule has 0 bridgehead atoms. The lowest BCUT2D eigenvalue weighted by molar-refractivity contribution is -0.129. The highest BCUT2D eigenvalue weighted by Crippen LogP contribution is 2.43. The molecule has 1 aromatic heterocycles. The number of fused-ring (bicyclic) bond motifs is 1. The molecule has 45 heavy (non-hydrogen) atoms. The van der Waals surface area contributed by atoms with Crippen LogP contribution in [0.4, 0.5) is 0 Å². The van der Waals surface area contributed by atoms with Crippen molar-refractivity contribution in [3.63, 3.8) is 0 Å². The summed E-state index contributed by atoms with van der Waals surface area (Å²) < 4.78 is 23.5. The highest BCUT2D eigenvalue weighted by atomic mass is 16.5. The van der Waals surface area contributed by atoms with Gasteiger partial charge in [-0.25, -0.2) is 0 Å². The number of amides is 1. The van der Waals surface area contributed by atoms with Crippen LogP contribution in [0, 0.1) is 0 Å². The summed E-state index contributed by atoms with van der Waals surface area (Å²) in [5, 5.41) is 11.9. The third kappa shape index (κ3) is 6.68. The van der Waals surface area contributed by atoms with Crippen molar-refractivity contribution in [2.45, 2.75) is 39.8 Å². The van der Waals surface area contributed by atoms with Crippen molar-refractivity contribution in [2.75, 3.05) is 39.9 Å². The summed E-state index contributed by atoms with van der Waals surface area (Å²) in [5.41, 5.74) is 2.00. The lowest BCUT2D eigenvalue weighted by Crippen LogP contribution is -2.34. The van der Waals surface area contributed by atoms with Crippen LogP contribution in [-0.4, -0.2) is 66.5 Å². The van der Waals surface area contributed by atoms with Gasteiger partial charge >= 0.3 is 0 Å². The predicted molar refractivity (Wildman–Crippen MR) is 172 cm³/mol. The van der Waals surface area contributed by atoms with Crippen LogP contribution in [0.3, 0.4) is 0 Å². The Morgan fingerprint density at radius 3 is 2.42 bits per heavy atom. The van der Waals surface area contributed by atoms with Crippen molar-refractivity contribution < 1.29 is 33.3 Å². The number of furan rings is 1. The van der Waals surface area contributed by atoms with Gasteiger partial charge in [0.05, 0.1) is 25.3 Å². The molecule has 1 aliphatic rings. The highest BCUT2D eigenvalue weighted by molar-refractivity contribution is 6.16. The Hall–Kier alpha value is -4.76. The van der Waals surface area contributed by atoms with Crippen LogP contribution < -0.4 is 14.2 Å². The van der Waals surface area contributed by atoms with E-state index in [1.54, 1.807) is 35.2 Å². The van der Waals surface area contributed by atoms with Crippen LogP contribution in [0.5, 0.6) is 17.2 Å². The molecule has 0 aliphatic carbocycles. The first-order valence-electron chi connectivity index (χ1n) is 15.4. The lowest BCUT2D eigenvalue weighted by atomic mass is 9.94. The monoisotopic (exact) mass is 612 g/mol. The second kappa shape index (κ2) is 14.3. The molecule has 0 spiro atoms. The molecular weight excluding hydrogens is 572 g/mol. The number of aliphatic hydroxyl groups is 1. The Morgan fingerprint density at radius 1 is 0.933 bits per heavy atom. The number of ether oxygens (including phenoxy) is 3. The minimum atomic E-state index is -0.862. The molecule has 0 fully saturated rings. The van der Waals surface area contributed by atoms with Gasteiger partial charge < -0.3 is 33.5 Å². The van der Waals surface area contributed by atoms with E-state index in [2.05, 4.69) is 18.7 Å². The molecule has 1 atom stereocenters. The summed E-state index contributed by atoms with van der Waals surface area (Å²) in [5.74, 6) is -0.249. The number of methoxy groups -OCH3 is 1. The van der Waals surface area contributed by atoms with E-state index in [1.807, 2.05) is 49.4 Å². The van der Waals surface area contributed by atoms with E-state index >= 15 is 0 Å². The van der Waals surface area contributed by atoms with E-state index in [0.717, 1.165) is 25.2 Å². The molecule has 236 valence electrons. The van der Waals surface area contributed by atoms with Gasteiger partial charge in [0.1, 0.15) is 6.61 Å². The number of carbonyl (C=O) groups is 2. The number of carbonyl (C=O) groups excluding carboxylic acids is 2. The zero-order valence-electron chi connectivity index (χ0n) is 26.2. The topological polar surface area (TPSA) is 102 Å². The van der Waals surface area contributed by atoms with E-state index in [-0.39, 0.29) is 11.3 Å². The first-order chi connectivity index (χ1) is 21.9. The van der Waals surface area contributed by atoms with Gasteiger partial charge in [-0.2, -0.15) is 0 Å². The van der Waals surface area contributed by atoms with Crippen LogP contribution in [0.1, 0.15) is 54.9 Å². The van der Waals surface area contributed by atoms with Crippen molar-refractivity contribution in [1.82, 2.24) is 9.80 Å². The van der Waals surface area contributed by atoms with E-state index < -0.39 is 23.5 Å². The summed E-state index contributed by atoms with van der Waals surface area (Å²) >= 11 is 0. The Kier molecular flexibility index (Phi) is 10.1. The fraction of sp³-hybridized carbons (Fsp3) is 0.333. The first kappa shape index (κ1) is 31.7. The Bertz CT molecular complexity index is 1670. The van der Waals surface area contributed by atoms with Gasteiger partial charge in [0.25, 0.3) is 5.91 Å². The normalized spacial score (nSPS) is 14.9. The van der Waals surface area contributed by atoms with Gasteiger partial charge in [0, 0.05) is 11.9 Å². The Morgan fingerprint density at radius 2 is 1.71 bits per heavy atom. The number of hydrogen-bond donors (Lipinski definition) is 1. The third-order valence-corrected chi connectivity index (χ3v) is 8.09. The van der Waals surface area contributed by atoms with Crippen molar-refractivity contribution in [1.29, 1.82) is 0 Å². The largest absolute Gasteiger partial charge is 0.503 e. The molecule has 1 aliphatic heterocycles. The predicted octanol–water partition coefficient (Wildman–Crippen LogP) is 6.73. The summed E-state index contributed by atoms with van der Waals surface area (Å²) in [6.07, 6.45) is 0.664. The van der Waals surface area contributed by atoms with Crippen molar-refractivity contribution in [3.05, 3.63) is 101 Å². The highest BCUT2D eigenvalue weighted by Gasteiger charge is 2.44. The molecule has 4 aromatic rings. The van der Waals surface area contributed by atoms with E-state index in [9.17, 15) is 14.7 Å². The van der Waals surface area contributed by atoms with Crippen LogP contribution in [0.25, 0.3) is 11.0 Å². The van der Waals surface area contributed by atoms with Crippen LogP contribution in [-0.2, 0) is 11.4 Å².